The SMILES string of the molecule is CCC(Sc1cccc(NC(=O)/C(=C/c2ccc(OCc3ccccc3)cc2)NC(=O)c2ccccc2)c1)C(=O)Nc1nc(-c2ccccc2)cs1. The lowest BCUT2D eigenvalue weighted by Gasteiger charge is -2.15. The number of hydrogen-bond acceptors (Lipinski definition) is 7. The average Bonchev–Trinajstić information content (AvgIpc) is 3.66. The van der Waals surface area contributed by atoms with E-state index in [9.17, 15) is 14.4 Å². The van der Waals surface area contributed by atoms with E-state index < -0.39 is 17.1 Å². The van der Waals surface area contributed by atoms with Gasteiger partial charge >= 0.3 is 0 Å². The van der Waals surface area contributed by atoms with Crippen molar-refractivity contribution in [3.63, 3.8) is 0 Å². The van der Waals surface area contributed by atoms with Crippen LogP contribution in [0, 0.1) is 0 Å². The van der Waals surface area contributed by atoms with Crippen LogP contribution in [0.2, 0.25) is 0 Å². The van der Waals surface area contributed by atoms with Crippen LogP contribution in [-0.2, 0) is 16.2 Å². The molecule has 6 rings (SSSR count). The van der Waals surface area contributed by atoms with E-state index in [-0.39, 0.29) is 11.6 Å². The maximum atomic E-state index is 13.7. The zero-order valence-electron chi connectivity index (χ0n) is 28.3. The molecule has 0 saturated heterocycles. The van der Waals surface area contributed by atoms with Crippen molar-refractivity contribution in [1.29, 1.82) is 0 Å². The minimum absolute atomic E-state index is 0.0639. The monoisotopic (exact) mass is 724 g/mol. The zero-order valence-corrected chi connectivity index (χ0v) is 30.0. The van der Waals surface area contributed by atoms with Gasteiger partial charge in [0, 0.05) is 27.1 Å². The van der Waals surface area contributed by atoms with Gasteiger partial charge in [0.15, 0.2) is 5.13 Å². The van der Waals surface area contributed by atoms with Crippen molar-refractivity contribution in [2.45, 2.75) is 30.1 Å². The summed E-state index contributed by atoms with van der Waals surface area (Å²) in [5, 5.41) is 10.7. The van der Waals surface area contributed by atoms with Crippen LogP contribution in [0.3, 0.4) is 0 Å². The number of thiazole rings is 1. The van der Waals surface area contributed by atoms with Gasteiger partial charge in [0.2, 0.25) is 5.91 Å². The highest BCUT2D eigenvalue weighted by atomic mass is 32.2. The van der Waals surface area contributed by atoms with E-state index in [2.05, 4.69) is 20.9 Å². The maximum absolute atomic E-state index is 13.7. The van der Waals surface area contributed by atoms with Gasteiger partial charge in [-0.2, -0.15) is 0 Å². The van der Waals surface area contributed by atoms with Crippen LogP contribution >= 0.6 is 23.1 Å². The Morgan fingerprint density at radius 3 is 2.21 bits per heavy atom. The minimum Gasteiger partial charge on any atom is -0.489 e. The van der Waals surface area contributed by atoms with E-state index in [0.29, 0.717) is 40.7 Å². The van der Waals surface area contributed by atoms with Crippen LogP contribution < -0.4 is 20.7 Å². The smallest absolute Gasteiger partial charge is 0.272 e. The molecule has 1 heterocycles. The second kappa shape index (κ2) is 17.8. The molecule has 0 fully saturated rings. The van der Waals surface area contributed by atoms with Crippen molar-refractivity contribution < 1.29 is 19.1 Å². The molecule has 6 aromatic rings. The third kappa shape index (κ3) is 10.1. The summed E-state index contributed by atoms with van der Waals surface area (Å²) in [6.45, 7) is 2.38. The van der Waals surface area contributed by atoms with Gasteiger partial charge < -0.3 is 20.7 Å². The third-order valence-electron chi connectivity index (χ3n) is 7.81. The Balaban J connectivity index is 1.13. The molecule has 0 aliphatic carbocycles. The van der Waals surface area contributed by atoms with E-state index in [1.165, 1.54) is 23.1 Å². The number of carbonyl (C=O) groups excluding carboxylic acids is 3. The fourth-order valence-corrected chi connectivity index (χ4v) is 6.84. The van der Waals surface area contributed by atoms with E-state index in [1.54, 1.807) is 36.4 Å². The van der Waals surface area contributed by atoms with Gasteiger partial charge in [0.25, 0.3) is 11.8 Å². The number of rotatable bonds is 14. The van der Waals surface area contributed by atoms with Crippen LogP contribution in [0.5, 0.6) is 5.75 Å². The van der Waals surface area contributed by atoms with E-state index in [0.717, 1.165) is 21.7 Å². The quantitative estimate of drug-likeness (QED) is 0.0764. The highest BCUT2D eigenvalue weighted by Gasteiger charge is 2.21. The molecule has 8 nitrogen and oxygen atoms in total. The summed E-state index contributed by atoms with van der Waals surface area (Å²) in [4.78, 5) is 45.5. The van der Waals surface area contributed by atoms with Gasteiger partial charge in [0.1, 0.15) is 18.1 Å². The predicted molar refractivity (Wildman–Crippen MR) is 210 cm³/mol. The number of thioether (sulfide) groups is 1. The number of amides is 3. The molecular formula is C42H36N4O4S2. The van der Waals surface area contributed by atoms with Gasteiger partial charge in [-0.25, -0.2) is 4.98 Å². The largest absolute Gasteiger partial charge is 0.489 e. The highest BCUT2D eigenvalue weighted by molar-refractivity contribution is 8.00. The second-order valence-electron chi connectivity index (χ2n) is 11.6. The Hall–Kier alpha value is -5.97. The molecule has 10 heteroatoms. The van der Waals surface area contributed by atoms with Gasteiger partial charge in [-0.05, 0) is 66.1 Å². The van der Waals surface area contributed by atoms with E-state index in [1.807, 2.05) is 121 Å². The van der Waals surface area contributed by atoms with Gasteiger partial charge in [-0.3, -0.25) is 14.4 Å². The van der Waals surface area contributed by atoms with Crippen molar-refractivity contribution in [1.82, 2.24) is 10.3 Å². The highest BCUT2D eigenvalue weighted by Crippen LogP contribution is 2.30. The molecule has 0 radical (unpaired) electrons. The first-order valence-corrected chi connectivity index (χ1v) is 18.4. The van der Waals surface area contributed by atoms with Crippen LogP contribution in [0.1, 0.15) is 34.8 Å². The maximum Gasteiger partial charge on any atom is 0.272 e. The molecule has 1 atom stereocenters. The van der Waals surface area contributed by atoms with Crippen LogP contribution in [0.15, 0.2) is 155 Å². The van der Waals surface area contributed by atoms with E-state index in [4.69, 9.17) is 4.74 Å². The number of anilines is 2. The summed E-state index contributed by atoms with van der Waals surface area (Å²) < 4.78 is 5.91. The molecule has 0 saturated carbocycles. The standard InChI is InChI=1S/C42H36N4O4S2/c1-2-38(41(49)46-42-45-37(28-51-42)31-15-8-4-9-16-31)52-35-20-12-19-33(26-35)43-40(48)36(44-39(47)32-17-10-5-11-18-32)25-29-21-23-34(24-22-29)50-27-30-13-6-3-7-14-30/h3-26,28,38H,2,27H2,1H3,(H,43,48)(H,44,47)(H,45,46,49)/b36-25-. The Bertz CT molecular complexity index is 2140. The molecule has 5 aromatic carbocycles. The summed E-state index contributed by atoms with van der Waals surface area (Å²) >= 11 is 2.78. The van der Waals surface area contributed by atoms with Gasteiger partial charge in [-0.1, -0.05) is 104 Å². The van der Waals surface area contributed by atoms with Crippen molar-refractivity contribution in [3.8, 4) is 17.0 Å². The lowest BCUT2D eigenvalue weighted by molar-refractivity contribution is -0.116. The first kappa shape index (κ1) is 35.8. The molecule has 1 unspecified atom stereocenters. The average molecular weight is 725 g/mol. The summed E-state index contributed by atoms with van der Waals surface area (Å²) in [5.74, 6) is -0.390. The second-order valence-corrected chi connectivity index (χ2v) is 13.7. The number of aromatic nitrogens is 1. The molecule has 0 aliphatic heterocycles. The Kier molecular flexibility index (Phi) is 12.3. The molecular weight excluding hydrogens is 689 g/mol. The predicted octanol–water partition coefficient (Wildman–Crippen LogP) is 9.31. The van der Waals surface area contributed by atoms with Crippen LogP contribution in [-0.4, -0.2) is 28.0 Å². The molecule has 260 valence electrons. The number of nitrogens with zero attached hydrogens (tertiary/aromatic N) is 1. The molecule has 0 spiro atoms. The Morgan fingerprint density at radius 1 is 0.808 bits per heavy atom. The fraction of sp³-hybridized carbons (Fsp3) is 0.0952. The normalized spacial score (nSPS) is 11.7. The summed E-state index contributed by atoms with van der Waals surface area (Å²) in [6, 6.07) is 43.0. The summed E-state index contributed by atoms with van der Waals surface area (Å²) in [5.41, 5.74) is 4.54. The summed E-state index contributed by atoms with van der Waals surface area (Å²) in [6.07, 6.45) is 2.20. The molecule has 0 bridgehead atoms. The number of ether oxygens (including phenoxy) is 1. The van der Waals surface area contributed by atoms with Crippen LogP contribution in [0.25, 0.3) is 17.3 Å². The number of hydrogen-bond donors (Lipinski definition) is 3. The minimum atomic E-state index is -0.501. The molecule has 0 aliphatic rings. The Morgan fingerprint density at radius 2 is 1.50 bits per heavy atom. The van der Waals surface area contributed by atoms with Crippen molar-refractivity contribution in [3.05, 3.63) is 167 Å². The number of nitrogens with one attached hydrogen (secondary N) is 3. The van der Waals surface area contributed by atoms with Crippen LogP contribution in [0.4, 0.5) is 10.8 Å². The van der Waals surface area contributed by atoms with Crippen molar-refractivity contribution in [2.24, 2.45) is 0 Å². The number of benzene rings is 5. The summed E-state index contributed by atoms with van der Waals surface area (Å²) in [7, 11) is 0. The lowest BCUT2D eigenvalue weighted by Crippen LogP contribution is -2.30. The van der Waals surface area contributed by atoms with E-state index >= 15 is 0 Å². The fourth-order valence-electron chi connectivity index (χ4n) is 5.10. The third-order valence-corrected chi connectivity index (χ3v) is 9.92. The first-order valence-electron chi connectivity index (χ1n) is 16.7. The van der Waals surface area contributed by atoms with Crippen molar-refractivity contribution >= 4 is 57.7 Å². The lowest BCUT2D eigenvalue weighted by atomic mass is 10.1. The molecule has 3 N–H and O–H groups in total. The molecule has 52 heavy (non-hydrogen) atoms. The molecule has 3 amide bonds. The molecule has 1 aromatic heterocycles. The van der Waals surface area contributed by atoms with Crippen molar-refractivity contribution in [2.75, 3.05) is 10.6 Å². The first-order chi connectivity index (χ1) is 25.4. The topological polar surface area (TPSA) is 109 Å². The van der Waals surface area contributed by atoms with Gasteiger partial charge in [-0.15, -0.1) is 23.1 Å². The number of carbonyl (C=O) groups is 3. The van der Waals surface area contributed by atoms with Gasteiger partial charge in [0.05, 0.1) is 10.9 Å². The zero-order chi connectivity index (χ0) is 36.1. The Labute approximate surface area is 311 Å².